The van der Waals surface area contributed by atoms with E-state index in [0.717, 1.165) is 31.0 Å². The lowest BCUT2D eigenvalue weighted by atomic mass is 9.85. The van der Waals surface area contributed by atoms with Gasteiger partial charge in [-0.2, -0.15) is 0 Å². The molecule has 118 valence electrons. The third kappa shape index (κ3) is 4.27. The van der Waals surface area contributed by atoms with Gasteiger partial charge in [0.05, 0.1) is 0 Å². The normalized spacial score (nSPS) is 20.4. The number of hydrogen-bond donors (Lipinski definition) is 1. The first-order valence-corrected chi connectivity index (χ1v) is 8.27. The number of halogens is 1. The van der Waals surface area contributed by atoms with E-state index in [9.17, 15) is 4.39 Å². The zero-order chi connectivity index (χ0) is 15.3. The Morgan fingerprint density at radius 2 is 2.05 bits per heavy atom. The van der Waals surface area contributed by atoms with Crippen LogP contribution in [0.3, 0.4) is 0 Å². The molecule has 0 spiro atoms. The molecule has 1 atom stereocenters. The van der Waals surface area contributed by atoms with Crippen LogP contribution in [0.15, 0.2) is 24.3 Å². The van der Waals surface area contributed by atoms with Gasteiger partial charge in [-0.3, -0.25) is 4.90 Å². The van der Waals surface area contributed by atoms with Gasteiger partial charge >= 0.3 is 0 Å². The maximum Gasteiger partial charge on any atom is 0.123 e. The van der Waals surface area contributed by atoms with Crippen LogP contribution in [0.1, 0.15) is 45.1 Å². The lowest BCUT2D eigenvalue weighted by Crippen LogP contribution is -2.55. The van der Waals surface area contributed by atoms with Gasteiger partial charge in [-0.05, 0) is 62.9 Å². The van der Waals surface area contributed by atoms with Crippen molar-refractivity contribution in [1.82, 2.24) is 4.90 Å². The minimum Gasteiger partial charge on any atom is -0.329 e. The Morgan fingerprint density at radius 1 is 1.33 bits per heavy atom. The van der Waals surface area contributed by atoms with Crippen molar-refractivity contribution in [1.29, 1.82) is 0 Å². The van der Waals surface area contributed by atoms with Crippen LogP contribution in [-0.2, 0) is 6.42 Å². The van der Waals surface area contributed by atoms with Crippen LogP contribution < -0.4 is 5.73 Å². The van der Waals surface area contributed by atoms with E-state index in [-0.39, 0.29) is 11.4 Å². The Labute approximate surface area is 128 Å². The largest absolute Gasteiger partial charge is 0.329 e. The summed E-state index contributed by atoms with van der Waals surface area (Å²) in [5.41, 5.74) is 7.06. The van der Waals surface area contributed by atoms with Crippen molar-refractivity contribution in [2.24, 2.45) is 11.7 Å². The third-order valence-electron chi connectivity index (χ3n) is 4.99. The zero-order valence-corrected chi connectivity index (χ0v) is 13.4. The summed E-state index contributed by atoms with van der Waals surface area (Å²) >= 11 is 0. The number of piperidine rings is 1. The minimum atomic E-state index is -0.159. The van der Waals surface area contributed by atoms with Crippen molar-refractivity contribution in [2.75, 3.05) is 19.6 Å². The number of benzene rings is 1. The highest BCUT2D eigenvalue weighted by Gasteiger charge is 2.33. The van der Waals surface area contributed by atoms with Gasteiger partial charge < -0.3 is 5.73 Å². The molecule has 0 aromatic heterocycles. The smallest absolute Gasteiger partial charge is 0.123 e. The van der Waals surface area contributed by atoms with E-state index >= 15 is 0 Å². The average molecular weight is 292 g/mol. The summed E-state index contributed by atoms with van der Waals surface area (Å²) in [6.07, 6.45) is 5.98. The molecule has 1 heterocycles. The van der Waals surface area contributed by atoms with Crippen molar-refractivity contribution in [3.63, 3.8) is 0 Å². The standard InChI is InChI=1S/C18H29FN2/c1-3-5-15-8-10-21(11-9-15)18(2,14-20)13-16-6-4-7-17(19)12-16/h4,6-7,12,15H,3,5,8-11,13-14,20H2,1-2H3. The second-order valence-electron chi connectivity index (χ2n) is 6.73. The van der Waals surface area contributed by atoms with Crippen molar-refractivity contribution < 1.29 is 4.39 Å². The minimum absolute atomic E-state index is 0.0645. The molecule has 3 heteroatoms. The summed E-state index contributed by atoms with van der Waals surface area (Å²) in [7, 11) is 0. The van der Waals surface area contributed by atoms with Crippen LogP contribution in [0.2, 0.25) is 0 Å². The lowest BCUT2D eigenvalue weighted by Gasteiger charge is -2.45. The van der Waals surface area contributed by atoms with Crippen LogP contribution in [0.4, 0.5) is 4.39 Å². The summed E-state index contributed by atoms with van der Waals surface area (Å²) in [6.45, 7) is 7.34. The second-order valence-corrected chi connectivity index (χ2v) is 6.73. The van der Waals surface area contributed by atoms with E-state index in [1.54, 1.807) is 12.1 Å². The molecule has 1 aliphatic heterocycles. The van der Waals surface area contributed by atoms with Gasteiger partial charge in [0.15, 0.2) is 0 Å². The van der Waals surface area contributed by atoms with Gasteiger partial charge in [-0.15, -0.1) is 0 Å². The van der Waals surface area contributed by atoms with Crippen LogP contribution in [0.25, 0.3) is 0 Å². The van der Waals surface area contributed by atoms with Gasteiger partial charge in [0.25, 0.3) is 0 Å². The van der Waals surface area contributed by atoms with Crippen molar-refractivity contribution in [3.8, 4) is 0 Å². The molecule has 0 amide bonds. The number of likely N-dealkylation sites (tertiary alicyclic amines) is 1. The first kappa shape index (κ1) is 16.4. The van der Waals surface area contributed by atoms with Crippen LogP contribution >= 0.6 is 0 Å². The van der Waals surface area contributed by atoms with Gasteiger partial charge in [0, 0.05) is 12.1 Å². The summed E-state index contributed by atoms with van der Waals surface area (Å²) in [6, 6.07) is 6.92. The van der Waals surface area contributed by atoms with Gasteiger partial charge in [-0.1, -0.05) is 31.9 Å². The Kier molecular flexibility index (Phi) is 5.77. The first-order chi connectivity index (χ1) is 10.1. The van der Waals surface area contributed by atoms with Crippen LogP contribution in [0.5, 0.6) is 0 Å². The van der Waals surface area contributed by atoms with E-state index in [1.807, 2.05) is 6.07 Å². The number of nitrogens with two attached hydrogens (primary N) is 1. The molecule has 1 saturated heterocycles. The van der Waals surface area contributed by atoms with Crippen molar-refractivity contribution in [3.05, 3.63) is 35.6 Å². The van der Waals surface area contributed by atoms with Crippen LogP contribution in [0, 0.1) is 11.7 Å². The highest BCUT2D eigenvalue weighted by molar-refractivity contribution is 5.19. The Balaban J connectivity index is 2.01. The molecule has 1 aromatic rings. The molecule has 0 radical (unpaired) electrons. The molecule has 2 rings (SSSR count). The fourth-order valence-electron chi connectivity index (χ4n) is 3.57. The van der Waals surface area contributed by atoms with Crippen molar-refractivity contribution >= 4 is 0 Å². The number of rotatable bonds is 6. The molecule has 2 nitrogen and oxygen atoms in total. The molecular formula is C18H29FN2. The molecule has 1 fully saturated rings. The summed E-state index contributed by atoms with van der Waals surface area (Å²) < 4.78 is 13.4. The summed E-state index contributed by atoms with van der Waals surface area (Å²) in [5, 5.41) is 0. The second kappa shape index (κ2) is 7.37. The molecule has 1 unspecified atom stereocenters. The van der Waals surface area contributed by atoms with E-state index < -0.39 is 0 Å². The van der Waals surface area contributed by atoms with E-state index in [4.69, 9.17) is 5.73 Å². The molecule has 0 aliphatic carbocycles. The molecular weight excluding hydrogens is 263 g/mol. The van der Waals surface area contributed by atoms with Crippen molar-refractivity contribution in [2.45, 2.75) is 51.5 Å². The quantitative estimate of drug-likeness (QED) is 0.868. The topological polar surface area (TPSA) is 29.3 Å². The first-order valence-electron chi connectivity index (χ1n) is 8.27. The van der Waals surface area contributed by atoms with E-state index in [0.29, 0.717) is 6.54 Å². The molecule has 2 N–H and O–H groups in total. The van der Waals surface area contributed by atoms with Gasteiger partial charge in [-0.25, -0.2) is 4.39 Å². The van der Waals surface area contributed by atoms with E-state index in [2.05, 4.69) is 18.7 Å². The molecule has 0 bridgehead atoms. The fourth-order valence-corrected chi connectivity index (χ4v) is 3.57. The van der Waals surface area contributed by atoms with Gasteiger partial charge in [0.2, 0.25) is 0 Å². The molecule has 0 saturated carbocycles. The number of hydrogen-bond acceptors (Lipinski definition) is 2. The fraction of sp³-hybridized carbons (Fsp3) is 0.667. The predicted octanol–water partition coefficient (Wildman–Crippen LogP) is 3.60. The van der Waals surface area contributed by atoms with Crippen LogP contribution in [-0.4, -0.2) is 30.1 Å². The molecule has 21 heavy (non-hydrogen) atoms. The molecule has 1 aliphatic rings. The SMILES string of the molecule is CCCC1CCN(C(C)(CN)Cc2cccc(F)c2)CC1. The maximum atomic E-state index is 13.4. The average Bonchev–Trinajstić information content (AvgIpc) is 2.48. The summed E-state index contributed by atoms with van der Waals surface area (Å²) in [5.74, 6) is 0.718. The maximum absolute atomic E-state index is 13.4. The lowest BCUT2D eigenvalue weighted by molar-refractivity contribution is 0.0655. The Bertz CT molecular complexity index is 441. The van der Waals surface area contributed by atoms with E-state index in [1.165, 1.54) is 31.7 Å². The zero-order valence-electron chi connectivity index (χ0n) is 13.4. The Hall–Kier alpha value is -0.930. The molecule has 1 aromatic carbocycles. The highest BCUT2D eigenvalue weighted by atomic mass is 19.1. The van der Waals surface area contributed by atoms with Gasteiger partial charge in [0.1, 0.15) is 5.82 Å². The number of nitrogens with zero attached hydrogens (tertiary/aromatic N) is 1. The Morgan fingerprint density at radius 3 is 2.62 bits per heavy atom. The third-order valence-corrected chi connectivity index (χ3v) is 4.99. The monoisotopic (exact) mass is 292 g/mol. The summed E-state index contributed by atoms with van der Waals surface area (Å²) in [4.78, 5) is 2.52. The highest BCUT2D eigenvalue weighted by Crippen LogP contribution is 2.28. The predicted molar refractivity (Wildman–Crippen MR) is 86.8 cm³/mol.